The van der Waals surface area contributed by atoms with E-state index in [1.807, 2.05) is 6.07 Å². The van der Waals surface area contributed by atoms with Crippen LogP contribution in [0.2, 0.25) is 0 Å². The first-order valence-corrected chi connectivity index (χ1v) is 3.88. The summed E-state index contributed by atoms with van der Waals surface area (Å²) in [5, 5.41) is 3.59. The summed E-state index contributed by atoms with van der Waals surface area (Å²) in [7, 11) is 0. The normalized spacial score (nSPS) is 10.2. The van der Waals surface area contributed by atoms with Crippen LogP contribution in [0.15, 0.2) is 29.2 Å². The molecular formula is C9H8N2O2. The standard InChI is InChI=1S/C9H8N2O2/c1-6(12)8-5-11-13-9(8)7-2-3-10-4-7/h2-5,10H,1H3. The molecule has 2 rings (SSSR count). The van der Waals surface area contributed by atoms with Crippen molar-refractivity contribution in [1.29, 1.82) is 0 Å². The van der Waals surface area contributed by atoms with Crippen molar-refractivity contribution >= 4 is 5.78 Å². The first-order chi connectivity index (χ1) is 6.29. The van der Waals surface area contributed by atoms with Gasteiger partial charge in [0.1, 0.15) is 0 Å². The van der Waals surface area contributed by atoms with E-state index in [1.54, 1.807) is 12.4 Å². The molecule has 1 N–H and O–H groups in total. The van der Waals surface area contributed by atoms with Crippen LogP contribution in [0.25, 0.3) is 11.3 Å². The molecule has 0 bridgehead atoms. The number of nitrogens with one attached hydrogen (secondary N) is 1. The third-order valence-corrected chi connectivity index (χ3v) is 1.81. The summed E-state index contributed by atoms with van der Waals surface area (Å²) < 4.78 is 4.98. The van der Waals surface area contributed by atoms with E-state index in [4.69, 9.17) is 4.52 Å². The molecule has 66 valence electrons. The van der Waals surface area contributed by atoms with Gasteiger partial charge in [-0.2, -0.15) is 0 Å². The highest BCUT2D eigenvalue weighted by molar-refractivity contribution is 5.99. The summed E-state index contributed by atoms with van der Waals surface area (Å²) in [4.78, 5) is 14.0. The second-order valence-corrected chi connectivity index (χ2v) is 2.72. The van der Waals surface area contributed by atoms with Gasteiger partial charge in [0.25, 0.3) is 0 Å². The van der Waals surface area contributed by atoms with Crippen LogP contribution in [0, 0.1) is 0 Å². The molecule has 2 aromatic rings. The quantitative estimate of drug-likeness (QED) is 0.710. The largest absolute Gasteiger partial charge is 0.367 e. The highest BCUT2D eigenvalue weighted by Crippen LogP contribution is 2.22. The summed E-state index contributed by atoms with van der Waals surface area (Å²) in [5.41, 5.74) is 1.35. The number of aromatic nitrogens is 2. The molecule has 2 heterocycles. The van der Waals surface area contributed by atoms with Crippen LogP contribution in [0.3, 0.4) is 0 Å². The molecule has 0 aliphatic rings. The fourth-order valence-corrected chi connectivity index (χ4v) is 1.16. The lowest BCUT2D eigenvalue weighted by Crippen LogP contribution is -1.90. The van der Waals surface area contributed by atoms with Crippen LogP contribution < -0.4 is 0 Å². The van der Waals surface area contributed by atoms with Gasteiger partial charge in [-0.05, 0) is 13.0 Å². The first kappa shape index (κ1) is 7.79. The predicted octanol–water partition coefficient (Wildman–Crippen LogP) is 1.87. The molecule has 0 saturated heterocycles. The van der Waals surface area contributed by atoms with E-state index in [1.165, 1.54) is 13.1 Å². The Balaban J connectivity index is 2.52. The van der Waals surface area contributed by atoms with Crippen LogP contribution in [0.4, 0.5) is 0 Å². The summed E-state index contributed by atoms with van der Waals surface area (Å²) >= 11 is 0. The fraction of sp³-hybridized carbons (Fsp3) is 0.111. The van der Waals surface area contributed by atoms with Crippen LogP contribution in [-0.4, -0.2) is 15.9 Å². The monoisotopic (exact) mass is 176 g/mol. The van der Waals surface area contributed by atoms with Gasteiger partial charge in [-0.25, -0.2) is 0 Å². The van der Waals surface area contributed by atoms with Gasteiger partial charge in [0.05, 0.1) is 11.8 Å². The SMILES string of the molecule is CC(=O)c1cnoc1-c1cc[nH]c1. The number of rotatable bonds is 2. The average molecular weight is 176 g/mol. The number of hydrogen-bond acceptors (Lipinski definition) is 3. The van der Waals surface area contributed by atoms with Gasteiger partial charge in [0.15, 0.2) is 11.5 Å². The van der Waals surface area contributed by atoms with Gasteiger partial charge in [-0.15, -0.1) is 0 Å². The van der Waals surface area contributed by atoms with E-state index >= 15 is 0 Å². The Morgan fingerprint density at radius 3 is 3.08 bits per heavy atom. The highest BCUT2D eigenvalue weighted by atomic mass is 16.5. The lowest BCUT2D eigenvalue weighted by atomic mass is 10.1. The maximum absolute atomic E-state index is 11.1. The molecule has 4 heteroatoms. The third kappa shape index (κ3) is 1.26. The summed E-state index contributed by atoms with van der Waals surface area (Å²) in [5.74, 6) is 0.478. The first-order valence-electron chi connectivity index (χ1n) is 3.88. The maximum atomic E-state index is 11.1. The number of carbonyl (C=O) groups excluding carboxylic acids is 1. The summed E-state index contributed by atoms with van der Waals surface area (Å²) in [6.45, 7) is 1.49. The van der Waals surface area contributed by atoms with Crippen molar-refractivity contribution in [2.75, 3.05) is 0 Å². The Morgan fingerprint density at radius 2 is 2.46 bits per heavy atom. The number of Topliss-reactive ketones (excluding diaryl/α,β-unsaturated/α-hetero) is 1. The Morgan fingerprint density at radius 1 is 1.62 bits per heavy atom. The van der Waals surface area contributed by atoms with Crippen molar-refractivity contribution in [3.05, 3.63) is 30.2 Å². The highest BCUT2D eigenvalue weighted by Gasteiger charge is 2.13. The second-order valence-electron chi connectivity index (χ2n) is 2.72. The predicted molar refractivity (Wildman–Crippen MR) is 46.3 cm³/mol. The molecule has 2 aromatic heterocycles. The van der Waals surface area contributed by atoms with E-state index in [0.717, 1.165) is 5.56 Å². The second kappa shape index (κ2) is 2.90. The van der Waals surface area contributed by atoms with Gasteiger partial charge in [-0.1, -0.05) is 5.16 Å². The number of nitrogens with zero attached hydrogens (tertiary/aromatic N) is 1. The summed E-state index contributed by atoms with van der Waals surface area (Å²) in [6.07, 6.45) is 4.96. The smallest absolute Gasteiger partial charge is 0.179 e. The van der Waals surface area contributed by atoms with Crippen molar-refractivity contribution in [2.45, 2.75) is 6.92 Å². The molecule has 13 heavy (non-hydrogen) atoms. The molecule has 4 nitrogen and oxygen atoms in total. The topological polar surface area (TPSA) is 58.9 Å². The molecule has 0 unspecified atom stereocenters. The van der Waals surface area contributed by atoms with Crippen molar-refractivity contribution < 1.29 is 9.32 Å². The molecule has 0 aliphatic heterocycles. The molecule has 0 spiro atoms. The van der Waals surface area contributed by atoms with E-state index in [0.29, 0.717) is 11.3 Å². The van der Waals surface area contributed by atoms with Crippen molar-refractivity contribution in [3.8, 4) is 11.3 Å². The van der Waals surface area contributed by atoms with Gasteiger partial charge in [-0.3, -0.25) is 4.79 Å². The van der Waals surface area contributed by atoms with E-state index < -0.39 is 0 Å². The zero-order chi connectivity index (χ0) is 9.26. The Kier molecular flexibility index (Phi) is 1.73. The number of ketones is 1. The van der Waals surface area contributed by atoms with Gasteiger partial charge in [0, 0.05) is 18.0 Å². The number of H-pyrrole nitrogens is 1. The Bertz CT molecular complexity index is 415. The summed E-state index contributed by atoms with van der Waals surface area (Å²) in [6, 6.07) is 1.83. The minimum absolute atomic E-state index is 0.0440. The number of aromatic amines is 1. The van der Waals surface area contributed by atoms with Crippen LogP contribution in [0.1, 0.15) is 17.3 Å². The third-order valence-electron chi connectivity index (χ3n) is 1.81. The Hall–Kier alpha value is -1.84. The molecule has 0 amide bonds. The zero-order valence-corrected chi connectivity index (χ0v) is 7.07. The molecule has 0 radical (unpaired) electrons. The van der Waals surface area contributed by atoms with Crippen molar-refractivity contribution in [2.24, 2.45) is 0 Å². The van der Waals surface area contributed by atoms with E-state index in [2.05, 4.69) is 10.1 Å². The maximum Gasteiger partial charge on any atom is 0.179 e. The number of hydrogen-bond donors (Lipinski definition) is 1. The van der Waals surface area contributed by atoms with Crippen molar-refractivity contribution in [3.63, 3.8) is 0 Å². The van der Waals surface area contributed by atoms with Crippen LogP contribution in [-0.2, 0) is 0 Å². The molecular weight excluding hydrogens is 168 g/mol. The molecule has 0 aromatic carbocycles. The lowest BCUT2D eigenvalue weighted by molar-refractivity contribution is 0.101. The van der Waals surface area contributed by atoms with E-state index in [9.17, 15) is 4.79 Å². The molecule has 0 aliphatic carbocycles. The number of carbonyl (C=O) groups is 1. The fourth-order valence-electron chi connectivity index (χ4n) is 1.16. The molecule has 0 fully saturated rings. The van der Waals surface area contributed by atoms with Crippen LogP contribution in [0.5, 0.6) is 0 Å². The lowest BCUT2D eigenvalue weighted by Gasteiger charge is -1.91. The Labute approximate surface area is 74.6 Å². The van der Waals surface area contributed by atoms with Crippen molar-refractivity contribution in [1.82, 2.24) is 10.1 Å². The molecule has 0 saturated carbocycles. The average Bonchev–Trinajstić information content (AvgIpc) is 2.74. The van der Waals surface area contributed by atoms with E-state index in [-0.39, 0.29) is 5.78 Å². The van der Waals surface area contributed by atoms with Crippen LogP contribution >= 0.6 is 0 Å². The van der Waals surface area contributed by atoms with Gasteiger partial charge < -0.3 is 9.51 Å². The van der Waals surface area contributed by atoms with Gasteiger partial charge >= 0.3 is 0 Å². The minimum Gasteiger partial charge on any atom is -0.367 e. The molecule has 0 atom stereocenters. The minimum atomic E-state index is -0.0440. The van der Waals surface area contributed by atoms with Gasteiger partial charge in [0.2, 0.25) is 0 Å². The zero-order valence-electron chi connectivity index (χ0n) is 7.07.